The highest BCUT2D eigenvalue weighted by Gasteiger charge is 2.37. The van der Waals surface area contributed by atoms with Gasteiger partial charge in [-0.15, -0.1) is 10.2 Å². The zero-order chi connectivity index (χ0) is 22.8. The van der Waals surface area contributed by atoms with Gasteiger partial charge in [0, 0.05) is 12.5 Å². The molecule has 0 saturated heterocycles. The molecule has 0 unspecified atom stereocenters. The number of hydrogen-bond donors (Lipinski definition) is 0. The van der Waals surface area contributed by atoms with Gasteiger partial charge in [-0.3, -0.25) is 9.69 Å². The number of thioether (sulfide) groups is 1. The Bertz CT molecular complexity index is 1170. The average Bonchev–Trinajstić information content (AvgIpc) is 2.96. The van der Waals surface area contributed by atoms with Gasteiger partial charge in [-0.05, 0) is 24.5 Å². The molecule has 1 aliphatic rings. The number of benzene rings is 2. The average molecular weight is 455 g/mol. The summed E-state index contributed by atoms with van der Waals surface area (Å²) in [6, 6.07) is 10.9. The lowest BCUT2D eigenvalue weighted by Crippen LogP contribution is -2.36. The molecule has 0 radical (unpaired) electrons. The molecule has 0 N–H and O–H groups in total. The van der Waals surface area contributed by atoms with E-state index in [2.05, 4.69) is 15.2 Å². The van der Waals surface area contributed by atoms with Gasteiger partial charge in [0.15, 0.2) is 17.2 Å². The van der Waals surface area contributed by atoms with E-state index < -0.39 is 6.23 Å². The minimum absolute atomic E-state index is 0.231. The molecule has 2 aromatic carbocycles. The first-order valence-electron chi connectivity index (χ1n) is 9.67. The summed E-state index contributed by atoms with van der Waals surface area (Å²) in [5, 5.41) is 8.96. The van der Waals surface area contributed by atoms with E-state index in [0.717, 1.165) is 0 Å². The molecule has 0 fully saturated rings. The Morgan fingerprint density at radius 3 is 2.44 bits per heavy atom. The number of carbonyl (C=O) groups excluding carboxylic acids is 1. The first kappa shape index (κ1) is 21.7. The molecule has 1 atom stereocenters. The van der Waals surface area contributed by atoms with Crippen LogP contribution >= 0.6 is 11.8 Å². The van der Waals surface area contributed by atoms with Gasteiger partial charge in [0.2, 0.25) is 28.9 Å². The van der Waals surface area contributed by atoms with Gasteiger partial charge in [-0.25, -0.2) is 0 Å². The van der Waals surface area contributed by atoms with Crippen molar-refractivity contribution in [1.29, 1.82) is 0 Å². The Kier molecular flexibility index (Phi) is 6.04. The Hall–Kier alpha value is -3.53. The van der Waals surface area contributed by atoms with Crippen molar-refractivity contribution in [3.63, 3.8) is 0 Å². The van der Waals surface area contributed by atoms with Crippen LogP contribution in [0.2, 0.25) is 0 Å². The molecule has 4 rings (SSSR count). The van der Waals surface area contributed by atoms with Crippen molar-refractivity contribution in [3.8, 4) is 34.4 Å². The van der Waals surface area contributed by atoms with Crippen LogP contribution in [0.1, 0.15) is 18.7 Å². The number of hydrogen-bond acceptors (Lipinski definition) is 9. The van der Waals surface area contributed by atoms with Gasteiger partial charge in [0.05, 0.1) is 32.6 Å². The van der Waals surface area contributed by atoms with Gasteiger partial charge < -0.3 is 18.9 Å². The first-order chi connectivity index (χ1) is 15.5. The monoisotopic (exact) mass is 454 g/mol. The smallest absolute Gasteiger partial charge is 0.247 e. The molecule has 10 heteroatoms. The normalized spacial score (nSPS) is 14.5. The van der Waals surface area contributed by atoms with Crippen LogP contribution in [-0.4, -0.2) is 48.7 Å². The predicted molar refractivity (Wildman–Crippen MR) is 120 cm³/mol. The summed E-state index contributed by atoms with van der Waals surface area (Å²) in [5.41, 5.74) is 2.32. The lowest BCUT2D eigenvalue weighted by molar-refractivity contribution is -0.118. The van der Waals surface area contributed by atoms with E-state index in [-0.39, 0.29) is 11.8 Å². The molecule has 166 valence electrons. The SMILES string of the molecule is COc1ccc([C@@H]2Oc3nc(SC)nnc3-c3ccccc3N2C(C)=O)c(OC)c1OC. The zero-order valence-corrected chi connectivity index (χ0v) is 19.1. The summed E-state index contributed by atoms with van der Waals surface area (Å²) in [7, 11) is 4.58. The van der Waals surface area contributed by atoms with Crippen LogP contribution in [-0.2, 0) is 4.79 Å². The summed E-state index contributed by atoms with van der Waals surface area (Å²) in [6.45, 7) is 1.47. The summed E-state index contributed by atoms with van der Waals surface area (Å²) < 4.78 is 23.0. The highest BCUT2D eigenvalue weighted by Crippen LogP contribution is 2.48. The molecule has 2 heterocycles. The van der Waals surface area contributed by atoms with E-state index in [0.29, 0.717) is 44.9 Å². The lowest BCUT2D eigenvalue weighted by Gasteiger charge is -2.31. The number of aromatic nitrogens is 3. The standard InChI is InChI=1S/C22H22N4O5S/c1-12(27)26-15-9-7-6-8-13(15)17-20(23-22(32-5)25-24-17)31-21(26)14-10-11-16(28-2)19(30-4)18(14)29-3/h6-11,21H,1-5H3/t21-/m0/s1. The van der Waals surface area contributed by atoms with E-state index in [1.165, 1.54) is 32.9 Å². The van der Waals surface area contributed by atoms with Crippen molar-refractivity contribution in [2.45, 2.75) is 18.3 Å². The topological polar surface area (TPSA) is 95.9 Å². The molecule has 0 aliphatic carbocycles. The number of carbonyl (C=O) groups is 1. The van der Waals surface area contributed by atoms with Crippen molar-refractivity contribution in [2.24, 2.45) is 0 Å². The minimum atomic E-state index is -0.906. The fourth-order valence-corrected chi connectivity index (χ4v) is 3.96. The molecular weight excluding hydrogens is 432 g/mol. The Morgan fingerprint density at radius 2 is 1.78 bits per heavy atom. The van der Waals surface area contributed by atoms with E-state index in [9.17, 15) is 4.79 Å². The van der Waals surface area contributed by atoms with Gasteiger partial charge in [-0.1, -0.05) is 30.0 Å². The summed E-state index contributed by atoms with van der Waals surface area (Å²) in [5.74, 6) is 1.30. The maximum Gasteiger partial charge on any atom is 0.247 e. The van der Waals surface area contributed by atoms with Crippen molar-refractivity contribution < 1.29 is 23.7 Å². The van der Waals surface area contributed by atoms with Crippen LogP contribution in [0.15, 0.2) is 41.6 Å². The summed E-state index contributed by atoms with van der Waals surface area (Å²) in [6.07, 6.45) is 0.946. The zero-order valence-electron chi connectivity index (χ0n) is 18.3. The molecule has 0 spiro atoms. The fraction of sp³-hybridized carbons (Fsp3) is 0.273. The summed E-state index contributed by atoms with van der Waals surface area (Å²) in [4.78, 5) is 19.0. The third-order valence-corrected chi connectivity index (χ3v) is 5.57. The number of para-hydroxylation sites is 1. The van der Waals surface area contributed by atoms with E-state index >= 15 is 0 Å². The quantitative estimate of drug-likeness (QED) is 0.534. The third-order valence-electron chi connectivity index (χ3n) is 5.03. The second-order valence-electron chi connectivity index (χ2n) is 6.75. The van der Waals surface area contributed by atoms with Crippen molar-refractivity contribution in [2.75, 3.05) is 32.5 Å². The van der Waals surface area contributed by atoms with Crippen LogP contribution in [0.4, 0.5) is 5.69 Å². The maximum absolute atomic E-state index is 12.9. The number of ether oxygens (including phenoxy) is 4. The second kappa shape index (κ2) is 8.91. The molecule has 3 aromatic rings. The maximum atomic E-state index is 12.9. The van der Waals surface area contributed by atoms with Gasteiger partial charge in [0.1, 0.15) is 0 Å². The summed E-state index contributed by atoms with van der Waals surface area (Å²) >= 11 is 1.35. The number of amides is 1. The first-order valence-corrected chi connectivity index (χ1v) is 10.9. The molecular formula is C22H22N4O5S. The Labute approximate surface area is 189 Å². The second-order valence-corrected chi connectivity index (χ2v) is 7.53. The van der Waals surface area contributed by atoms with Gasteiger partial charge >= 0.3 is 0 Å². The Morgan fingerprint density at radius 1 is 1.03 bits per heavy atom. The van der Waals surface area contributed by atoms with Crippen LogP contribution < -0.4 is 23.8 Å². The van der Waals surface area contributed by atoms with Crippen LogP contribution in [0.3, 0.4) is 0 Å². The fourth-order valence-electron chi connectivity index (χ4n) is 3.66. The number of nitrogens with zero attached hydrogens (tertiary/aromatic N) is 4. The molecule has 0 saturated carbocycles. The highest BCUT2D eigenvalue weighted by atomic mass is 32.2. The minimum Gasteiger partial charge on any atom is -0.493 e. The Balaban J connectivity index is 2.01. The number of fused-ring (bicyclic) bond motifs is 3. The van der Waals surface area contributed by atoms with Gasteiger partial charge in [-0.2, -0.15) is 4.98 Å². The van der Waals surface area contributed by atoms with E-state index in [1.54, 1.807) is 24.1 Å². The third kappa shape index (κ3) is 3.56. The number of methoxy groups -OCH3 is 3. The van der Waals surface area contributed by atoms with Crippen molar-refractivity contribution >= 4 is 23.4 Å². The van der Waals surface area contributed by atoms with E-state index in [1.807, 2.05) is 30.5 Å². The molecule has 9 nitrogen and oxygen atoms in total. The van der Waals surface area contributed by atoms with E-state index in [4.69, 9.17) is 18.9 Å². The van der Waals surface area contributed by atoms with Crippen LogP contribution in [0.25, 0.3) is 11.3 Å². The number of rotatable bonds is 5. The molecule has 32 heavy (non-hydrogen) atoms. The van der Waals surface area contributed by atoms with Crippen molar-refractivity contribution in [3.05, 3.63) is 42.0 Å². The van der Waals surface area contributed by atoms with Crippen LogP contribution in [0, 0.1) is 0 Å². The lowest BCUT2D eigenvalue weighted by atomic mass is 10.1. The molecule has 1 aromatic heterocycles. The molecule has 0 bridgehead atoms. The van der Waals surface area contributed by atoms with Crippen molar-refractivity contribution in [1.82, 2.24) is 15.2 Å². The molecule has 1 aliphatic heterocycles. The highest BCUT2D eigenvalue weighted by molar-refractivity contribution is 7.98. The van der Waals surface area contributed by atoms with Gasteiger partial charge in [0.25, 0.3) is 0 Å². The molecule has 1 amide bonds. The predicted octanol–water partition coefficient (Wildman–Crippen LogP) is 3.73. The van der Waals surface area contributed by atoms with Crippen LogP contribution in [0.5, 0.6) is 23.1 Å². The largest absolute Gasteiger partial charge is 0.493 e. The number of anilines is 1.